The van der Waals surface area contributed by atoms with Gasteiger partial charge in [0.25, 0.3) is 0 Å². The summed E-state index contributed by atoms with van der Waals surface area (Å²) in [6, 6.07) is 14.4. The predicted molar refractivity (Wildman–Crippen MR) is 93.7 cm³/mol. The molecule has 3 aromatic rings. The second-order valence-corrected chi connectivity index (χ2v) is 6.23. The van der Waals surface area contributed by atoms with Gasteiger partial charge < -0.3 is 4.74 Å². The van der Waals surface area contributed by atoms with Crippen LogP contribution in [-0.4, -0.2) is 16.7 Å². The number of esters is 1. The van der Waals surface area contributed by atoms with Crippen molar-refractivity contribution in [2.75, 3.05) is 0 Å². The first-order chi connectivity index (χ1) is 11.5. The lowest BCUT2D eigenvalue weighted by Gasteiger charge is -2.03. The Morgan fingerprint density at radius 3 is 2.29 bits per heavy atom. The van der Waals surface area contributed by atoms with Crippen LogP contribution < -0.4 is 4.74 Å². The molecule has 2 aromatic carbocycles. The molecule has 0 N–H and O–H groups in total. The molecule has 0 atom stereocenters. The van der Waals surface area contributed by atoms with E-state index >= 15 is 0 Å². The van der Waals surface area contributed by atoms with Gasteiger partial charge in [0.1, 0.15) is 10.8 Å². The molecule has 0 amide bonds. The molecule has 0 saturated carbocycles. The number of hydrogen-bond acceptors (Lipinski definition) is 5. The Kier molecular flexibility index (Phi) is 4.53. The average molecular weight is 337 g/mol. The first-order valence-electron chi connectivity index (χ1n) is 7.38. The summed E-state index contributed by atoms with van der Waals surface area (Å²) in [6.07, 6.45) is 0. The number of ketones is 1. The van der Waals surface area contributed by atoms with Gasteiger partial charge in [-0.15, -0.1) is 11.3 Å². The number of hydrogen-bond donors (Lipinski definition) is 0. The standard InChI is InChI=1S/C19H15NO3S/c1-12-3-5-15(6-4-12)18-20-17(11-24-18)19(22)23-16-9-7-14(8-10-16)13(2)21/h3-11H,1-2H3. The first kappa shape index (κ1) is 16.1. The second kappa shape index (κ2) is 6.76. The van der Waals surface area contributed by atoms with E-state index in [-0.39, 0.29) is 11.5 Å². The highest BCUT2D eigenvalue weighted by atomic mass is 32.1. The number of ether oxygens (including phenoxy) is 1. The fourth-order valence-electron chi connectivity index (χ4n) is 2.11. The molecule has 1 heterocycles. The fourth-order valence-corrected chi connectivity index (χ4v) is 2.91. The third-order valence-corrected chi connectivity index (χ3v) is 4.37. The molecule has 3 rings (SSSR count). The van der Waals surface area contributed by atoms with Crippen LogP contribution in [0.1, 0.15) is 33.3 Å². The molecule has 1 aromatic heterocycles. The number of carbonyl (C=O) groups is 2. The average Bonchev–Trinajstić information content (AvgIpc) is 3.06. The largest absolute Gasteiger partial charge is 0.422 e. The van der Waals surface area contributed by atoms with Crippen molar-refractivity contribution in [3.63, 3.8) is 0 Å². The van der Waals surface area contributed by atoms with Gasteiger partial charge in [-0.25, -0.2) is 9.78 Å². The predicted octanol–water partition coefficient (Wildman–Crippen LogP) is 4.54. The normalized spacial score (nSPS) is 10.4. The zero-order chi connectivity index (χ0) is 17.1. The summed E-state index contributed by atoms with van der Waals surface area (Å²) in [4.78, 5) is 27.8. The topological polar surface area (TPSA) is 56.3 Å². The summed E-state index contributed by atoms with van der Waals surface area (Å²) in [5.41, 5.74) is 2.98. The van der Waals surface area contributed by atoms with E-state index in [1.807, 2.05) is 31.2 Å². The summed E-state index contributed by atoms with van der Waals surface area (Å²) < 4.78 is 5.30. The van der Waals surface area contributed by atoms with E-state index in [2.05, 4.69) is 4.98 Å². The Hall–Kier alpha value is -2.79. The quantitative estimate of drug-likeness (QED) is 0.398. The van der Waals surface area contributed by atoms with Crippen LogP contribution >= 0.6 is 11.3 Å². The maximum atomic E-state index is 12.2. The van der Waals surface area contributed by atoms with Gasteiger partial charge in [0.2, 0.25) is 0 Å². The Morgan fingerprint density at radius 1 is 1.00 bits per heavy atom. The minimum atomic E-state index is -0.514. The van der Waals surface area contributed by atoms with Crippen LogP contribution in [0.15, 0.2) is 53.9 Å². The molecule has 5 heteroatoms. The van der Waals surface area contributed by atoms with Crippen LogP contribution in [0, 0.1) is 6.92 Å². The highest BCUT2D eigenvalue weighted by Gasteiger charge is 2.14. The van der Waals surface area contributed by atoms with Crippen LogP contribution in [0.4, 0.5) is 0 Å². The van der Waals surface area contributed by atoms with Crippen molar-refractivity contribution >= 4 is 23.1 Å². The second-order valence-electron chi connectivity index (χ2n) is 5.37. The zero-order valence-electron chi connectivity index (χ0n) is 13.3. The Bertz CT molecular complexity index is 880. The molecule has 120 valence electrons. The van der Waals surface area contributed by atoms with Crippen LogP contribution in [0.3, 0.4) is 0 Å². The van der Waals surface area contributed by atoms with Crippen LogP contribution in [0.25, 0.3) is 10.6 Å². The minimum absolute atomic E-state index is 0.0323. The zero-order valence-corrected chi connectivity index (χ0v) is 14.1. The molecule has 0 aliphatic rings. The highest BCUT2D eigenvalue weighted by Crippen LogP contribution is 2.24. The van der Waals surface area contributed by atoms with Gasteiger partial charge in [0.15, 0.2) is 11.5 Å². The Labute approximate surface area is 143 Å². The maximum absolute atomic E-state index is 12.2. The molecule has 0 fully saturated rings. The smallest absolute Gasteiger partial charge is 0.363 e. The number of carbonyl (C=O) groups excluding carboxylic acids is 2. The van der Waals surface area contributed by atoms with Crippen LogP contribution in [0.5, 0.6) is 5.75 Å². The van der Waals surface area contributed by atoms with E-state index < -0.39 is 5.97 Å². The van der Waals surface area contributed by atoms with E-state index in [0.717, 1.165) is 10.6 Å². The van der Waals surface area contributed by atoms with Gasteiger partial charge in [-0.3, -0.25) is 4.79 Å². The van der Waals surface area contributed by atoms with Crippen molar-refractivity contribution in [1.29, 1.82) is 0 Å². The van der Waals surface area contributed by atoms with Gasteiger partial charge in [0, 0.05) is 16.5 Å². The van der Waals surface area contributed by atoms with E-state index in [1.54, 1.807) is 29.6 Å². The molecular weight excluding hydrogens is 322 g/mol. The van der Waals surface area contributed by atoms with E-state index in [9.17, 15) is 9.59 Å². The van der Waals surface area contributed by atoms with Crippen molar-refractivity contribution in [3.8, 4) is 16.3 Å². The molecule has 0 aliphatic carbocycles. The molecular formula is C19H15NO3S. The van der Waals surface area contributed by atoms with Crippen molar-refractivity contribution < 1.29 is 14.3 Å². The number of aromatic nitrogens is 1. The van der Waals surface area contributed by atoms with E-state index in [4.69, 9.17) is 4.74 Å². The molecule has 0 radical (unpaired) electrons. The van der Waals surface area contributed by atoms with Gasteiger partial charge in [-0.1, -0.05) is 29.8 Å². The van der Waals surface area contributed by atoms with E-state index in [1.165, 1.54) is 23.8 Å². The van der Waals surface area contributed by atoms with Crippen LogP contribution in [0.2, 0.25) is 0 Å². The molecule has 24 heavy (non-hydrogen) atoms. The Morgan fingerprint density at radius 2 is 1.67 bits per heavy atom. The number of rotatable bonds is 4. The monoisotopic (exact) mass is 337 g/mol. The third kappa shape index (κ3) is 3.58. The van der Waals surface area contributed by atoms with Crippen molar-refractivity contribution in [2.24, 2.45) is 0 Å². The first-order valence-corrected chi connectivity index (χ1v) is 8.26. The lowest BCUT2D eigenvalue weighted by atomic mass is 10.1. The highest BCUT2D eigenvalue weighted by molar-refractivity contribution is 7.13. The molecule has 0 spiro atoms. The van der Waals surface area contributed by atoms with E-state index in [0.29, 0.717) is 11.3 Å². The third-order valence-electron chi connectivity index (χ3n) is 3.48. The molecule has 0 saturated heterocycles. The molecule has 0 bridgehead atoms. The van der Waals surface area contributed by atoms with Gasteiger partial charge >= 0.3 is 5.97 Å². The summed E-state index contributed by atoms with van der Waals surface area (Å²) >= 11 is 1.40. The van der Waals surface area contributed by atoms with Gasteiger partial charge in [-0.05, 0) is 38.1 Å². The SMILES string of the molecule is CC(=O)c1ccc(OC(=O)c2csc(-c3ccc(C)cc3)n2)cc1. The number of nitrogens with zero attached hydrogens (tertiary/aromatic N) is 1. The fraction of sp³-hybridized carbons (Fsp3) is 0.105. The van der Waals surface area contributed by atoms with Crippen molar-refractivity contribution in [3.05, 3.63) is 70.7 Å². The number of thiazole rings is 1. The van der Waals surface area contributed by atoms with Gasteiger partial charge in [0.05, 0.1) is 0 Å². The maximum Gasteiger partial charge on any atom is 0.363 e. The number of benzene rings is 2. The van der Waals surface area contributed by atoms with Crippen LogP contribution in [-0.2, 0) is 0 Å². The van der Waals surface area contributed by atoms with Gasteiger partial charge in [-0.2, -0.15) is 0 Å². The summed E-state index contributed by atoms with van der Waals surface area (Å²) in [5, 5.41) is 2.45. The lowest BCUT2D eigenvalue weighted by Crippen LogP contribution is -2.09. The van der Waals surface area contributed by atoms with Crippen molar-refractivity contribution in [2.45, 2.75) is 13.8 Å². The summed E-state index contributed by atoms with van der Waals surface area (Å²) in [6.45, 7) is 3.51. The lowest BCUT2D eigenvalue weighted by molar-refractivity contribution is 0.0729. The molecule has 0 unspecified atom stereocenters. The van der Waals surface area contributed by atoms with Crippen molar-refractivity contribution in [1.82, 2.24) is 4.98 Å². The minimum Gasteiger partial charge on any atom is -0.422 e. The number of aryl methyl sites for hydroxylation is 1. The Balaban J connectivity index is 1.73. The molecule has 0 aliphatic heterocycles. The number of Topliss-reactive ketones (excluding diaryl/α,β-unsaturated/α-hetero) is 1. The molecule has 4 nitrogen and oxygen atoms in total. The summed E-state index contributed by atoms with van der Waals surface area (Å²) in [7, 11) is 0. The summed E-state index contributed by atoms with van der Waals surface area (Å²) in [5.74, 6) is -0.162.